The van der Waals surface area contributed by atoms with Crippen molar-refractivity contribution < 1.29 is 27.5 Å². The Morgan fingerprint density at radius 1 is 1.19 bits per heavy atom. The maximum Gasteiger partial charge on any atom is 0.416 e. The van der Waals surface area contributed by atoms with Crippen LogP contribution in [0.4, 0.5) is 23.4 Å². The van der Waals surface area contributed by atoms with Crippen molar-refractivity contribution in [1.82, 2.24) is 20.2 Å². The Balaban J connectivity index is 1.51. The fourth-order valence-electron chi connectivity index (χ4n) is 4.98. The second-order valence-corrected chi connectivity index (χ2v) is 9.81. The number of amides is 1. The molecule has 4 rings (SSSR count). The highest BCUT2D eigenvalue weighted by Gasteiger charge is 2.36. The Labute approximate surface area is 207 Å². The van der Waals surface area contributed by atoms with E-state index in [2.05, 4.69) is 20.2 Å². The van der Waals surface area contributed by atoms with E-state index in [-0.39, 0.29) is 30.0 Å². The number of rotatable bonds is 6. The molecular formula is C25H31F4N5O2. The zero-order valence-corrected chi connectivity index (χ0v) is 20.5. The summed E-state index contributed by atoms with van der Waals surface area (Å²) in [6.07, 6.45) is -3.26. The molecule has 0 saturated carbocycles. The average Bonchev–Trinajstić information content (AvgIpc) is 3.12. The molecule has 1 aliphatic carbocycles. The minimum atomic E-state index is -4.67. The van der Waals surface area contributed by atoms with E-state index >= 15 is 0 Å². The van der Waals surface area contributed by atoms with Crippen LogP contribution in [0.3, 0.4) is 0 Å². The van der Waals surface area contributed by atoms with Crippen LogP contribution < -0.4 is 10.2 Å². The van der Waals surface area contributed by atoms with E-state index in [1.165, 1.54) is 6.33 Å². The molecule has 196 valence electrons. The van der Waals surface area contributed by atoms with E-state index in [0.717, 1.165) is 23.5 Å². The number of halogens is 4. The molecule has 1 fully saturated rings. The van der Waals surface area contributed by atoms with Gasteiger partial charge in [-0.1, -0.05) is 26.8 Å². The van der Waals surface area contributed by atoms with Gasteiger partial charge in [0.15, 0.2) is 0 Å². The van der Waals surface area contributed by atoms with Crippen LogP contribution in [0.15, 0.2) is 24.5 Å². The number of benzene rings is 1. The van der Waals surface area contributed by atoms with E-state index < -0.39 is 29.6 Å². The summed E-state index contributed by atoms with van der Waals surface area (Å²) in [5, 5.41) is 13.4. The van der Waals surface area contributed by atoms with Gasteiger partial charge in [0, 0.05) is 49.9 Å². The van der Waals surface area contributed by atoms with Crippen LogP contribution in [0.1, 0.15) is 67.5 Å². The van der Waals surface area contributed by atoms with Gasteiger partial charge in [-0.25, -0.2) is 14.4 Å². The molecule has 11 heteroatoms. The molecule has 3 atom stereocenters. The zero-order chi connectivity index (χ0) is 26.2. The molecule has 1 aromatic carbocycles. The summed E-state index contributed by atoms with van der Waals surface area (Å²) < 4.78 is 53.9. The number of aliphatic hydroxyl groups is 1. The van der Waals surface area contributed by atoms with Crippen LogP contribution in [0, 0.1) is 5.82 Å². The standard InChI is InChI=1S/C25H31F4N5O2/c1-14(2)30-12-18(17-5-4-16(11-19(17)26)25(27,28)29)24(36)34-8-6-33(7-9-34)23-21-15(3)10-20(35)22(21)31-13-32-23/h4-5,11,13-15,18,20,30,35H,6-10,12H2,1-3H3/t15-,18?,20+/m1/s1. The van der Waals surface area contributed by atoms with Gasteiger partial charge in [-0.05, 0) is 24.5 Å². The van der Waals surface area contributed by atoms with E-state index in [1.54, 1.807) is 4.90 Å². The lowest BCUT2D eigenvalue weighted by atomic mass is 9.94. The lowest BCUT2D eigenvalue weighted by Gasteiger charge is -2.38. The summed E-state index contributed by atoms with van der Waals surface area (Å²) in [5.74, 6) is -1.47. The maximum absolute atomic E-state index is 14.8. The van der Waals surface area contributed by atoms with E-state index in [4.69, 9.17) is 0 Å². The highest BCUT2D eigenvalue weighted by Crippen LogP contribution is 2.43. The van der Waals surface area contributed by atoms with Gasteiger partial charge in [-0.3, -0.25) is 4.79 Å². The largest absolute Gasteiger partial charge is 0.416 e. The van der Waals surface area contributed by atoms with Crippen molar-refractivity contribution in [2.75, 3.05) is 37.6 Å². The first kappa shape index (κ1) is 26.3. The number of aromatic nitrogens is 2. The molecule has 0 bridgehead atoms. The third-order valence-corrected chi connectivity index (χ3v) is 6.90. The predicted molar refractivity (Wildman–Crippen MR) is 126 cm³/mol. The molecule has 0 radical (unpaired) electrons. The lowest BCUT2D eigenvalue weighted by Crippen LogP contribution is -2.51. The number of anilines is 1. The number of hydrogen-bond acceptors (Lipinski definition) is 6. The van der Waals surface area contributed by atoms with Crippen molar-refractivity contribution in [2.24, 2.45) is 0 Å². The number of nitrogens with zero attached hydrogens (tertiary/aromatic N) is 4. The molecular weight excluding hydrogens is 478 g/mol. The number of carbonyl (C=O) groups is 1. The number of alkyl halides is 3. The molecule has 1 saturated heterocycles. The van der Waals surface area contributed by atoms with Crippen molar-refractivity contribution in [3.63, 3.8) is 0 Å². The molecule has 36 heavy (non-hydrogen) atoms. The summed E-state index contributed by atoms with van der Waals surface area (Å²) in [6, 6.07) is 2.34. The third-order valence-electron chi connectivity index (χ3n) is 6.90. The number of fused-ring (bicyclic) bond motifs is 1. The van der Waals surface area contributed by atoms with Crippen molar-refractivity contribution >= 4 is 11.7 Å². The highest BCUT2D eigenvalue weighted by atomic mass is 19.4. The quantitative estimate of drug-likeness (QED) is 0.580. The summed E-state index contributed by atoms with van der Waals surface area (Å²) in [5.41, 5.74) is 0.427. The molecule has 2 N–H and O–H groups in total. The van der Waals surface area contributed by atoms with Gasteiger partial charge < -0.3 is 20.2 Å². The van der Waals surface area contributed by atoms with Crippen molar-refractivity contribution in [1.29, 1.82) is 0 Å². The van der Waals surface area contributed by atoms with Crippen LogP contribution in [-0.2, 0) is 11.0 Å². The normalized spacial score (nSPS) is 21.1. The van der Waals surface area contributed by atoms with Gasteiger partial charge in [-0.2, -0.15) is 13.2 Å². The molecule has 7 nitrogen and oxygen atoms in total. The van der Waals surface area contributed by atoms with Crippen molar-refractivity contribution in [3.05, 3.63) is 52.7 Å². The maximum atomic E-state index is 14.8. The summed E-state index contributed by atoms with van der Waals surface area (Å²) >= 11 is 0. The first-order valence-electron chi connectivity index (χ1n) is 12.1. The Morgan fingerprint density at radius 2 is 1.89 bits per heavy atom. The molecule has 1 amide bonds. The number of piperazine rings is 1. The van der Waals surface area contributed by atoms with Gasteiger partial charge >= 0.3 is 6.18 Å². The predicted octanol–water partition coefficient (Wildman–Crippen LogP) is 3.61. The number of hydrogen-bond donors (Lipinski definition) is 2. The second-order valence-electron chi connectivity index (χ2n) is 9.81. The van der Waals surface area contributed by atoms with Gasteiger partial charge in [0.25, 0.3) is 0 Å². The summed E-state index contributed by atoms with van der Waals surface area (Å²) in [6.45, 7) is 7.56. The molecule has 2 aromatic rings. The first-order chi connectivity index (χ1) is 17.0. The Morgan fingerprint density at radius 3 is 2.50 bits per heavy atom. The fourth-order valence-corrected chi connectivity index (χ4v) is 4.98. The molecule has 1 aromatic heterocycles. The van der Waals surface area contributed by atoms with Crippen LogP contribution in [0.2, 0.25) is 0 Å². The van der Waals surface area contributed by atoms with Crippen LogP contribution in [0.5, 0.6) is 0 Å². The highest BCUT2D eigenvalue weighted by molar-refractivity contribution is 5.84. The van der Waals surface area contributed by atoms with E-state index in [9.17, 15) is 27.5 Å². The summed E-state index contributed by atoms with van der Waals surface area (Å²) in [7, 11) is 0. The summed E-state index contributed by atoms with van der Waals surface area (Å²) in [4.78, 5) is 25.9. The molecule has 0 spiro atoms. The average molecular weight is 510 g/mol. The fraction of sp³-hybridized carbons (Fsp3) is 0.560. The van der Waals surface area contributed by atoms with Crippen LogP contribution in [-0.4, -0.2) is 64.6 Å². The smallest absolute Gasteiger partial charge is 0.387 e. The van der Waals surface area contributed by atoms with Gasteiger partial charge in [0.1, 0.15) is 18.0 Å². The Kier molecular flexibility index (Phi) is 7.51. The Hall–Kier alpha value is -2.79. The third kappa shape index (κ3) is 5.31. The molecule has 2 heterocycles. The van der Waals surface area contributed by atoms with Gasteiger partial charge in [0.05, 0.1) is 23.3 Å². The minimum absolute atomic E-state index is 0.00635. The van der Waals surface area contributed by atoms with Crippen LogP contribution >= 0.6 is 0 Å². The number of aliphatic hydroxyl groups excluding tert-OH is 1. The number of carbonyl (C=O) groups excluding carboxylic acids is 1. The number of nitrogens with one attached hydrogen (secondary N) is 1. The monoisotopic (exact) mass is 509 g/mol. The SMILES string of the molecule is CC(C)NCC(C(=O)N1CCN(c2ncnc3c2[C@H](C)C[C@@H]3O)CC1)c1ccc(C(F)(F)F)cc1F. The van der Waals surface area contributed by atoms with Crippen LogP contribution in [0.25, 0.3) is 0 Å². The Bertz CT molecular complexity index is 1100. The molecule has 2 aliphatic rings. The van der Waals surface area contributed by atoms with Gasteiger partial charge in [0.2, 0.25) is 5.91 Å². The molecule has 1 unspecified atom stereocenters. The second kappa shape index (κ2) is 10.3. The van der Waals surface area contributed by atoms with Crippen molar-refractivity contribution in [2.45, 2.75) is 57.3 Å². The molecule has 1 aliphatic heterocycles. The zero-order valence-electron chi connectivity index (χ0n) is 20.5. The topological polar surface area (TPSA) is 81.6 Å². The van der Waals surface area contributed by atoms with Gasteiger partial charge in [-0.15, -0.1) is 0 Å². The first-order valence-corrected chi connectivity index (χ1v) is 12.1. The van der Waals surface area contributed by atoms with Crippen molar-refractivity contribution in [3.8, 4) is 0 Å². The lowest BCUT2D eigenvalue weighted by molar-refractivity contribution is -0.137. The minimum Gasteiger partial charge on any atom is -0.387 e. The van der Waals surface area contributed by atoms with E-state index in [0.29, 0.717) is 44.4 Å². The van der Waals surface area contributed by atoms with E-state index in [1.807, 2.05) is 20.8 Å².